The zero-order valence-electron chi connectivity index (χ0n) is 11.9. The lowest BCUT2D eigenvalue weighted by Gasteiger charge is -2.37. The first kappa shape index (κ1) is 14.4. The highest BCUT2D eigenvalue weighted by Gasteiger charge is 2.33. The summed E-state index contributed by atoms with van der Waals surface area (Å²) in [4.78, 5) is 8.58. The van der Waals surface area contributed by atoms with Gasteiger partial charge in [0.05, 0.1) is 6.26 Å². The van der Waals surface area contributed by atoms with Gasteiger partial charge in [0.15, 0.2) is 0 Å². The molecule has 1 aliphatic heterocycles. The molecule has 6 heteroatoms. The van der Waals surface area contributed by atoms with Crippen molar-refractivity contribution in [1.82, 2.24) is 14.3 Å². The van der Waals surface area contributed by atoms with Gasteiger partial charge in [0.25, 0.3) is 0 Å². The maximum atomic E-state index is 11.3. The van der Waals surface area contributed by atoms with Crippen LogP contribution in [0.15, 0.2) is 12.4 Å². The smallest absolute Gasteiger partial charge is 0.211 e. The molecule has 0 aliphatic carbocycles. The van der Waals surface area contributed by atoms with Gasteiger partial charge in [-0.25, -0.2) is 22.7 Å². The van der Waals surface area contributed by atoms with E-state index in [0.29, 0.717) is 19.0 Å². The molecule has 0 aromatic carbocycles. The lowest BCUT2D eigenvalue weighted by molar-refractivity contribution is 0.200. The minimum absolute atomic E-state index is 0.0100. The molecule has 106 valence electrons. The summed E-state index contributed by atoms with van der Waals surface area (Å²) >= 11 is 0. The first-order chi connectivity index (χ1) is 8.66. The van der Waals surface area contributed by atoms with Crippen LogP contribution in [0.2, 0.25) is 0 Å². The Morgan fingerprint density at radius 3 is 2.47 bits per heavy atom. The monoisotopic (exact) mass is 283 g/mol. The standard InChI is InChI=1S/C13H21N3O2S/c1-13(2,3)12-6-11(14-9-15-12)5-10-7-16(8-10)19(4,17)18/h6,9-10H,5,7-8H2,1-4H3. The predicted molar refractivity (Wildman–Crippen MR) is 74.3 cm³/mol. The van der Waals surface area contributed by atoms with Gasteiger partial charge in [-0.2, -0.15) is 0 Å². The van der Waals surface area contributed by atoms with E-state index in [4.69, 9.17) is 0 Å². The molecule has 1 fully saturated rings. The molecule has 0 N–H and O–H groups in total. The molecule has 19 heavy (non-hydrogen) atoms. The van der Waals surface area contributed by atoms with E-state index in [9.17, 15) is 8.42 Å². The van der Waals surface area contributed by atoms with E-state index in [2.05, 4.69) is 30.7 Å². The second-order valence-corrected chi connectivity index (χ2v) is 8.28. The fourth-order valence-corrected chi connectivity index (χ4v) is 3.10. The quantitative estimate of drug-likeness (QED) is 0.836. The maximum Gasteiger partial charge on any atom is 0.211 e. The number of nitrogens with zero attached hydrogens (tertiary/aromatic N) is 3. The third-order valence-corrected chi connectivity index (χ3v) is 4.62. The lowest BCUT2D eigenvalue weighted by atomic mass is 9.90. The molecule has 2 heterocycles. The third-order valence-electron chi connectivity index (χ3n) is 3.38. The third kappa shape index (κ3) is 3.51. The van der Waals surface area contributed by atoms with Crippen molar-refractivity contribution in [3.8, 4) is 0 Å². The maximum absolute atomic E-state index is 11.3. The van der Waals surface area contributed by atoms with Gasteiger partial charge in [-0.3, -0.25) is 0 Å². The Kier molecular flexibility index (Phi) is 3.66. The zero-order valence-corrected chi connectivity index (χ0v) is 12.7. The molecule has 0 saturated carbocycles. The first-order valence-corrected chi connectivity index (χ1v) is 8.27. The fraction of sp³-hybridized carbons (Fsp3) is 0.692. The molecular weight excluding hydrogens is 262 g/mol. The van der Waals surface area contributed by atoms with E-state index < -0.39 is 10.0 Å². The van der Waals surface area contributed by atoms with Crippen LogP contribution in [-0.2, 0) is 21.9 Å². The molecule has 1 aromatic heterocycles. The minimum atomic E-state index is -3.02. The zero-order chi connectivity index (χ0) is 14.3. The molecule has 5 nitrogen and oxygen atoms in total. The highest BCUT2D eigenvalue weighted by molar-refractivity contribution is 7.88. The van der Waals surface area contributed by atoms with Crippen LogP contribution in [0, 0.1) is 5.92 Å². The Morgan fingerprint density at radius 1 is 1.32 bits per heavy atom. The van der Waals surface area contributed by atoms with Crippen molar-refractivity contribution in [3.63, 3.8) is 0 Å². The van der Waals surface area contributed by atoms with Crippen molar-refractivity contribution in [3.05, 3.63) is 23.8 Å². The summed E-state index contributed by atoms with van der Waals surface area (Å²) in [5.41, 5.74) is 2.03. The van der Waals surface area contributed by atoms with Crippen molar-refractivity contribution < 1.29 is 8.42 Å². The van der Waals surface area contributed by atoms with Gasteiger partial charge in [0, 0.05) is 29.9 Å². The van der Waals surface area contributed by atoms with Crippen LogP contribution in [0.25, 0.3) is 0 Å². The molecule has 0 bridgehead atoms. The number of rotatable bonds is 3. The Labute approximate surface area is 115 Å². The summed E-state index contributed by atoms with van der Waals surface area (Å²) in [5.74, 6) is 0.373. The van der Waals surface area contributed by atoms with Crippen LogP contribution >= 0.6 is 0 Å². The van der Waals surface area contributed by atoms with E-state index >= 15 is 0 Å². The summed E-state index contributed by atoms with van der Waals surface area (Å²) in [5, 5.41) is 0. The molecule has 0 radical (unpaired) electrons. The van der Waals surface area contributed by atoms with E-state index in [1.54, 1.807) is 6.33 Å². The summed E-state index contributed by atoms with van der Waals surface area (Å²) in [6.07, 6.45) is 3.67. The van der Waals surface area contributed by atoms with Gasteiger partial charge in [0.1, 0.15) is 6.33 Å². The Morgan fingerprint density at radius 2 is 1.95 bits per heavy atom. The van der Waals surface area contributed by atoms with Gasteiger partial charge in [-0.1, -0.05) is 20.8 Å². The second-order valence-electron chi connectivity index (χ2n) is 6.29. The van der Waals surface area contributed by atoms with E-state index in [0.717, 1.165) is 17.8 Å². The average Bonchev–Trinajstić information content (AvgIpc) is 2.20. The summed E-state index contributed by atoms with van der Waals surface area (Å²) < 4.78 is 24.1. The molecule has 0 atom stereocenters. The molecule has 1 aliphatic rings. The van der Waals surface area contributed by atoms with E-state index in [-0.39, 0.29) is 5.41 Å². The minimum Gasteiger partial charge on any atom is -0.241 e. The number of aromatic nitrogens is 2. The summed E-state index contributed by atoms with van der Waals surface area (Å²) in [6.45, 7) is 7.57. The molecule has 0 spiro atoms. The molecule has 1 aromatic rings. The van der Waals surface area contributed by atoms with E-state index in [1.807, 2.05) is 6.07 Å². The molecule has 1 saturated heterocycles. The highest BCUT2D eigenvalue weighted by atomic mass is 32.2. The average molecular weight is 283 g/mol. The van der Waals surface area contributed by atoms with Crippen molar-refractivity contribution in [2.75, 3.05) is 19.3 Å². The predicted octanol–water partition coefficient (Wildman–Crippen LogP) is 1.21. The normalized spacial score (nSPS) is 18.3. The van der Waals surface area contributed by atoms with Gasteiger partial charge in [-0.15, -0.1) is 0 Å². The fourth-order valence-electron chi connectivity index (χ4n) is 2.14. The molecule has 0 amide bonds. The van der Waals surface area contributed by atoms with Gasteiger partial charge in [0.2, 0.25) is 10.0 Å². The van der Waals surface area contributed by atoms with Crippen molar-refractivity contribution in [1.29, 1.82) is 0 Å². The summed E-state index contributed by atoms with van der Waals surface area (Å²) in [6, 6.07) is 2.03. The lowest BCUT2D eigenvalue weighted by Crippen LogP contribution is -2.50. The van der Waals surface area contributed by atoms with E-state index in [1.165, 1.54) is 10.6 Å². The highest BCUT2D eigenvalue weighted by Crippen LogP contribution is 2.24. The van der Waals surface area contributed by atoms with Crippen LogP contribution < -0.4 is 0 Å². The Bertz CT molecular complexity index is 557. The van der Waals surface area contributed by atoms with Crippen molar-refractivity contribution in [2.24, 2.45) is 5.92 Å². The number of hydrogen-bond acceptors (Lipinski definition) is 4. The molecular formula is C13H21N3O2S. The van der Waals surface area contributed by atoms with Crippen molar-refractivity contribution >= 4 is 10.0 Å². The largest absolute Gasteiger partial charge is 0.241 e. The van der Waals surface area contributed by atoms with Crippen LogP contribution in [-0.4, -0.2) is 42.0 Å². The molecule has 0 unspecified atom stereocenters. The van der Waals surface area contributed by atoms with Crippen LogP contribution in [0.3, 0.4) is 0 Å². The van der Waals surface area contributed by atoms with Crippen LogP contribution in [0.4, 0.5) is 0 Å². The van der Waals surface area contributed by atoms with Gasteiger partial charge in [-0.05, 0) is 18.4 Å². The SMILES string of the molecule is CC(C)(C)c1cc(CC2CN(S(C)(=O)=O)C2)ncn1. The van der Waals surface area contributed by atoms with Crippen LogP contribution in [0.1, 0.15) is 32.2 Å². The molecule has 2 rings (SSSR count). The van der Waals surface area contributed by atoms with Crippen molar-refractivity contribution in [2.45, 2.75) is 32.6 Å². The second kappa shape index (κ2) is 4.83. The van der Waals surface area contributed by atoms with Gasteiger partial charge >= 0.3 is 0 Å². The Hall–Kier alpha value is -1.01. The van der Waals surface area contributed by atoms with Gasteiger partial charge < -0.3 is 0 Å². The Balaban J connectivity index is 1.99. The number of hydrogen-bond donors (Lipinski definition) is 0. The summed E-state index contributed by atoms with van der Waals surface area (Å²) in [7, 11) is -3.02. The number of sulfonamides is 1. The van der Waals surface area contributed by atoms with Crippen LogP contribution in [0.5, 0.6) is 0 Å². The first-order valence-electron chi connectivity index (χ1n) is 6.43. The topological polar surface area (TPSA) is 63.2 Å².